The van der Waals surface area contributed by atoms with E-state index in [4.69, 9.17) is 5.11 Å². The second kappa shape index (κ2) is 5.85. The molecule has 0 aliphatic heterocycles. The molecule has 108 valence electrons. The van der Waals surface area contributed by atoms with Gasteiger partial charge in [-0.05, 0) is 18.8 Å². The molecule has 1 saturated carbocycles. The summed E-state index contributed by atoms with van der Waals surface area (Å²) in [7, 11) is 0. The summed E-state index contributed by atoms with van der Waals surface area (Å²) < 4.78 is 0. The molecule has 2 N–H and O–H groups in total. The molecule has 0 aromatic carbocycles. The fraction of sp³-hybridized carbons (Fsp3) is 0.538. The number of carbonyl (C=O) groups is 1. The van der Waals surface area contributed by atoms with Gasteiger partial charge in [0.15, 0.2) is 0 Å². The molecule has 1 atom stereocenters. The third-order valence-corrected chi connectivity index (χ3v) is 3.46. The molecule has 1 fully saturated rings. The zero-order valence-electron chi connectivity index (χ0n) is 11.2. The maximum atomic E-state index is 11.0. The van der Waals surface area contributed by atoms with E-state index in [1.165, 1.54) is 12.8 Å². The number of nitrogens with zero attached hydrogens (tertiary/aromatic N) is 2. The molecule has 2 rings (SSSR count). The first-order chi connectivity index (χ1) is 9.51. The van der Waals surface area contributed by atoms with Gasteiger partial charge in [-0.1, -0.05) is 19.8 Å². The summed E-state index contributed by atoms with van der Waals surface area (Å²) in [4.78, 5) is 25.2. The number of nitrogens with one attached hydrogen (secondary N) is 1. The Morgan fingerprint density at radius 1 is 1.65 bits per heavy atom. The van der Waals surface area contributed by atoms with Gasteiger partial charge < -0.3 is 10.4 Å². The Morgan fingerprint density at radius 3 is 2.85 bits per heavy atom. The van der Waals surface area contributed by atoms with Crippen molar-refractivity contribution in [2.24, 2.45) is 5.92 Å². The quantitative estimate of drug-likeness (QED) is 0.587. The number of aromatic carboxylic acids is 1. The minimum absolute atomic E-state index is 0.129. The van der Waals surface area contributed by atoms with Crippen LogP contribution < -0.4 is 5.32 Å². The zero-order chi connectivity index (χ0) is 14.7. The molecule has 7 heteroatoms. The monoisotopic (exact) mass is 279 g/mol. The van der Waals surface area contributed by atoms with Gasteiger partial charge in [-0.15, -0.1) is 0 Å². The van der Waals surface area contributed by atoms with E-state index in [9.17, 15) is 14.9 Å². The van der Waals surface area contributed by atoms with Crippen molar-refractivity contribution in [1.82, 2.24) is 4.98 Å². The maximum Gasteiger partial charge on any atom is 0.337 e. The summed E-state index contributed by atoms with van der Waals surface area (Å²) in [5.41, 5.74) is -0.475. The van der Waals surface area contributed by atoms with Crippen LogP contribution in [0.1, 0.15) is 43.0 Å². The average molecular weight is 279 g/mol. The Kier molecular flexibility index (Phi) is 4.16. The number of carboxylic acids is 1. The number of aromatic nitrogens is 1. The van der Waals surface area contributed by atoms with Crippen LogP contribution in [0.3, 0.4) is 0 Å². The highest BCUT2D eigenvalue weighted by atomic mass is 16.6. The van der Waals surface area contributed by atoms with Crippen LogP contribution in [0.25, 0.3) is 0 Å². The lowest BCUT2D eigenvalue weighted by Gasteiger charge is -2.17. The van der Waals surface area contributed by atoms with Crippen LogP contribution >= 0.6 is 0 Å². The van der Waals surface area contributed by atoms with Crippen molar-refractivity contribution in [3.05, 3.63) is 27.9 Å². The van der Waals surface area contributed by atoms with E-state index < -0.39 is 10.9 Å². The molecule has 1 aromatic heterocycles. The Morgan fingerprint density at radius 2 is 2.35 bits per heavy atom. The minimum Gasteiger partial charge on any atom is -0.478 e. The van der Waals surface area contributed by atoms with Crippen molar-refractivity contribution in [3.8, 4) is 0 Å². The highest BCUT2D eigenvalue weighted by Crippen LogP contribution is 2.35. The molecule has 1 aliphatic carbocycles. The second-order valence-corrected chi connectivity index (χ2v) is 5.08. The van der Waals surface area contributed by atoms with Crippen molar-refractivity contribution in [2.75, 3.05) is 5.32 Å². The smallest absolute Gasteiger partial charge is 0.337 e. The topological polar surface area (TPSA) is 105 Å². The molecular formula is C13H17N3O4. The predicted octanol–water partition coefficient (Wildman–Crippen LogP) is 2.68. The van der Waals surface area contributed by atoms with E-state index in [1.807, 2.05) is 6.92 Å². The van der Waals surface area contributed by atoms with Crippen LogP contribution in [0.4, 0.5) is 11.5 Å². The normalized spacial score (nSPS) is 15.7. The van der Waals surface area contributed by atoms with Crippen LogP contribution in [-0.2, 0) is 0 Å². The van der Waals surface area contributed by atoms with Crippen molar-refractivity contribution < 1.29 is 14.8 Å². The molecule has 0 amide bonds. The summed E-state index contributed by atoms with van der Waals surface area (Å²) in [6.07, 6.45) is 5.38. The van der Waals surface area contributed by atoms with Gasteiger partial charge in [0.2, 0.25) is 5.82 Å². The van der Waals surface area contributed by atoms with Gasteiger partial charge in [0.1, 0.15) is 0 Å². The van der Waals surface area contributed by atoms with Crippen LogP contribution in [0, 0.1) is 16.0 Å². The highest BCUT2D eigenvalue weighted by Gasteiger charge is 2.27. The molecule has 7 nitrogen and oxygen atoms in total. The summed E-state index contributed by atoms with van der Waals surface area (Å²) in [6, 6.07) is 1.17. The van der Waals surface area contributed by atoms with Gasteiger partial charge in [-0.25, -0.2) is 9.78 Å². The fourth-order valence-electron chi connectivity index (χ4n) is 2.10. The minimum atomic E-state index is -1.22. The van der Waals surface area contributed by atoms with Crippen LogP contribution in [0.2, 0.25) is 0 Å². The van der Waals surface area contributed by atoms with E-state index in [2.05, 4.69) is 10.3 Å². The lowest BCUT2D eigenvalue weighted by Crippen LogP contribution is -2.21. The molecule has 0 radical (unpaired) electrons. The number of hydrogen-bond acceptors (Lipinski definition) is 5. The molecule has 0 saturated heterocycles. The van der Waals surface area contributed by atoms with Crippen molar-refractivity contribution in [3.63, 3.8) is 0 Å². The van der Waals surface area contributed by atoms with Crippen LogP contribution in [-0.4, -0.2) is 27.0 Å². The highest BCUT2D eigenvalue weighted by molar-refractivity contribution is 5.88. The lowest BCUT2D eigenvalue weighted by molar-refractivity contribution is -0.384. The third-order valence-electron chi connectivity index (χ3n) is 3.46. The SMILES string of the molecule is CCC(CC1CC1)Nc1ncc(C(=O)O)cc1[N+](=O)[O-]. The molecule has 0 spiro atoms. The van der Waals surface area contributed by atoms with Gasteiger partial charge in [-0.2, -0.15) is 0 Å². The number of rotatable bonds is 7. The number of pyridine rings is 1. The Labute approximate surface area is 116 Å². The number of carboxylic acid groups (broad SMARTS) is 1. The van der Waals surface area contributed by atoms with Gasteiger partial charge >= 0.3 is 11.7 Å². The van der Waals surface area contributed by atoms with E-state index in [-0.39, 0.29) is 23.1 Å². The molecule has 1 unspecified atom stereocenters. The first-order valence-corrected chi connectivity index (χ1v) is 6.65. The van der Waals surface area contributed by atoms with Crippen molar-refractivity contribution >= 4 is 17.5 Å². The number of nitro groups is 1. The van der Waals surface area contributed by atoms with Gasteiger partial charge in [0.05, 0.1) is 10.5 Å². The van der Waals surface area contributed by atoms with E-state index in [1.54, 1.807) is 0 Å². The molecule has 1 aromatic rings. The van der Waals surface area contributed by atoms with Crippen molar-refractivity contribution in [2.45, 2.75) is 38.6 Å². The molecule has 0 bridgehead atoms. The Bertz CT molecular complexity index is 528. The zero-order valence-corrected chi connectivity index (χ0v) is 11.2. The van der Waals surface area contributed by atoms with Crippen LogP contribution in [0.15, 0.2) is 12.3 Å². The average Bonchev–Trinajstić information content (AvgIpc) is 3.21. The third kappa shape index (κ3) is 3.43. The first-order valence-electron chi connectivity index (χ1n) is 6.65. The van der Waals surface area contributed by atoms with Gasteiger partial charge in [-0.3, -0.25) is 10.1 Å². The summed E-state index contributed by atoms with van der Waals surface area (Å²) in [6.45, 7) is 2.01. The van der Waals surface area contributed by atoms with E-state index >= 15 is 0 Å². The Balaban J connectivity index is 2.20. The summed E-state index contributed by atoms with van der Waals surface area (Å²) in [5.74, 6) is -0.380. The lowest BCUT2D eigenvalue weighted by atomic mass is 10.1. The van der Waals surface area contributed by atoms with Gasteiger partial charge in [0.25, 0.3) is 0 Å². The molecule has 20 heavy (non-hydrogen) atoms. The summed E-state index contributed by atoms with van der Waals surface area (Å²) >= 11 is 0. The summed E-state index contributed by atoms with van der Waals surface area (Å²) in [5, 5.41) is 23.0. The number of anilines is 1. The van der Waals surface area contributed by atoms with E-state index in [0.29, 0.717) is 5.92 Å². The first kappa shape index (κ1) is 14.2. The molecular weight excluding hydrogens is 262 g/mol. The largest absolute Gasteiger partial charge is 0.478 e. The van der Waals surface area contributed by atoms with E-state index in [0.717, 1.165) is 25.1 Å². The number of hydrogen-bond donors (Lipinski definition) is 2. The maximum absolute atomic E-state index is 11.0. The van der Waals surface area contributed by atoms with Crippen molar-refractivity contribution in [1.29, 1.82) is 0 Å². The van der Waals surface area contributed by atoms with Crippen LogP contribution in [0.5, 0.6) is 0 Å². The fourth-order valence-corrected chi connectivity index (χ4v) is 2.10. The Hall–Kier alpha value is -2.18. The standard InChI is InChI=1S/C13H17N3O4/c1-2-10(5-8-3-4-8)15-12-11(16(19)20)6-9(7-14-12)13(17)18/h6-8,10H,2-5H2,1H3,(H,14,15)(H,17,18). The molecule has 1 aliphatic rings. The second-order valence-electron chi connectivity index (χ2n) is 5.08. The molecule has 1 heterocycles. The van der Waals surface area contributed by atoms with Gasteiger partial charge in [0, 0.05) is 18.3 Å². The predicted molar refractivity (Wildman–Crippen MR) is 72.9 cm³/mol.